The Morgan fingerprint density at radius 1 is 1.40 bits per heavy atom. The van der Waals surface area contributed by atoms with Crippen molar-refractivity contribution < 1.29 is 0 Å². The molecule has 4 heteroatoms. The Morgan fingerprint density at radius 3 is 2.90 bits per heavy atom. The molecule has 1 unspecified atom stereocenters. The second kappa shape index (κ2) is 5.34. The summed E-state index contributed by atoms with van der Waals surface area (Å²) in [5, 5.41) is 0. The van der Waals surface area contributed by atoms with Crippen molar-refractivity contribution in [1.29, 1.82) is 0 Å². The van der Waals surface area contributed by atoms with Crippen molar-refractivity contribution in [2.45, 2.75) is 51.5 Å². The van der Waals surface area contributed by atoms with Gasteiger partial charge in [0.15, 0.2) is 0 Å². The number of benzene rings is 1. The Hall–Kier alpha value is -0.540. The molecule has 1 aliphatic carbocycles. The third kappa shape index (κ3) is 2.39. The number of hydrogen-bond donors (Lipinski definition) is 0. The highest BCUT2D eigenvalue weighted by molar-refractivity contribution is 9.10. The van der Waals surface area contributed by atoms with Gasteiger partial charge >= 0.3 is 0 Å². The Balaban J connectivity index is 2.18. The molecule has 3 rings (SSSR count). The van der Waals surface area contributed by atoms with Crippen LogP contribution in [0.2, 0.25) is 0 Å². The number of rotatable bonds is 2. The zero-order valence-corrected chi connectivity index (χ0v) is 14.3. The summed E-state index contributed by atoms with van der Waals surface area (Å²) in [6.07, 6.45) is 5.12. The molecule has 0 aliphatic heterocycles. The Morgan fingerprint density at radius 2 is 2.20 bits per heavy atom. The highest BCUT2D eigenvalue weighted by Gasteiger charge is 2.35. The molecule has 1 heterocycles. The highest BCUT2D eigenvalue weighted by Crippen LogP contribution is 2.45. The summed E-state index contributed by atoms with van der Waals surface area (Å²) in [7, 11) is 0. The molecule has 20 heavy (non-hydrogen) atoms. The standard InChI is InChI=1S/C16H20BrClN2/c1-16(2)8-4-3-5-14(16)20-13-7-6-11(17)9-12(13)19-15(20)10-18/h6-7,9,14H,3-5,8,10H2,1-2H3. The van der Waals surface area contributed by atoms with Gasteiger partial charge in [-0.05, 0) is 36.5 Å². The Kier molecular flexibility index (Phi) is 3.85. The number of alkyl halides is 1. The quantitative estimate of drug-likeness (QED) is 0.634. The van der Waals surface area contributed by atoms with Crippen molar-refractivity contribution >= 4 is 38.6 Å². The maximum Gasteiger partial charge on any atom is 0.125 e. The average Bonchev–Trinajstić information content (AvgIpc) is 2.75. The molecule has 108 valence electrons. The van der Waals surface area contributed by atoms with E-state index in [4.69, 9.17) is 16.6 Å². The van der Waals surface area contributed by atoms with Crippen LogP contribution in [0.3, 0.4) is 0 Å². The van der Waals surface area contributed by atoms with Crippen LogP contribution >= 0.6 is 27.5 Å². The minimum atomic E-state index is 0.305. The highest BCUT2D eigenvalue weighted by atomic mass is 79.9. The van der Waals surface area contributed by atoms with Crippen molar-refractivity contribution in [3.8, 4) is 0 Å². The molecule has 0 radical (unpaired) electrons. The molecule has 1 fully saturated rings. The largest absolute Gasteiger partial charge is 0.323 e. The number of imidazole rings is 1. The van der Waals surface area contributed by atoms with E-state index < -0.39 is 0 Å². The third-order valence-corrected chi connectivity index (χ3v) is 5.34. The van der Waals surface area contributed by atoms with E-state index in [1.807, 2.05) is 0 Å². The van der Waals surface area contributed by atoms with E-state index in [0.29, 0.717) is 17.3 Å². The van der Waals surface area contributed by atoms with Gasteiger partial charge in [-0.1, -0.05) is 42.6 Å². The number of nitrogens with zero attached hydrogens (tertiary/aromatic N) is 2. The van der Waals surface area contributed by atoms with Crippen molar-refractivity contribution in [3.63, 3.8) is 0 Å². The molecule has 2 aromatic rings. The summed E-state index contributed by atoms with van der Waals surface area (Å²) in [5.74, 6) is 1.47. The lowest BCUT2D eigenvalue weighted by Gasteiger charge is -2.40. The second-order valence-electron chi connectivity index (χ2n) is 6.41. The molecule has 0 saturated heterocycles. The average molecular weight is 356 g/mol. The lowest BCUT2D eigenvalue weighted by Crippen LogP contribution is -2.31. The predicted molar refractivity (Wildman–Crippen MR) is 88.3 cm³/mol. The van der Waals surface area contributed by atoms with E-state index >= 15 is 0 Å². The molecule has 1 aromatic heterocycles. The summed E-state index contributed by atoms with van der Waals surface area (Å²) in [5.41, 5.74) is 2.56. The van der Waals surface area contributed by atoms with Crippen molar-refractivity contribution in [3.05, 3.63) is 28.5 Å². The third-order valence-electron chi connectivity index (χ3n) is 4.61. The van der Waals surface area contributed by atoms with Crippen LogP contribution < -0.4 is 0 Å². The van der Waals surface area contributed by atoms with Crippen molar-refractivity contribution in [2.75, 3.05) is 0 Å². The van der Waals surface area contributed by atoms with E-state index in [1.165, 1.54) is 31.2 Å². The maximum atomic E-state index is 6.16. The number of aromatic nitrogens is 2. The van der Waals surface area contributed by atoms with Crippen LogP contribution in [0, 0.1) is 5.41 Å². The van der Waals surface area contributed by atoms with Crippen LogP contribution in [0.25, 0.3) is 11.0 Å². The summed E-state index contributed by atoms with van der Waals surface area (Å²) >= 11 is 9.68. The molecule has 1 atom stereocenters. The minimum Gasteiger partial charge on any atom is -0.323 e. The van der Waals surface area contributed by atoms with E-state index in [0.717, 1.165) is 15.8 Å². The molecular weight excluding hydrogens is 336 g/mol. The fourth-order valence-corrected chi connectivity index (χ4v) is 4.06. The van der Waals surface area contributed by atoms with Gasteiger partial charge in [-0.25, -0.2) is 4.98 Å². The van der Waals surface area contributed by atoms with Gasteiger partial charge in [0.1, 0.15) is 5.82 Å². The SMILES string of the molecule is CC1(C)CCCCC1n1c(CCl)nc2cc(Br)ccc21. The molecule has 0 amide bonds. The number of fused-ring (bicyclic) bond motifs is 1. The first kappa shape index (κ1) is 14.4. The molecule has 0 N–H and O–H groups in total. The topological polar surface area (TPSA) is 17.8 Å². The predicted octanol–water partition coefficient (Wildman–Crippen LogP) is 5.68. The molecule has 0 bridgehead atoms. The van der Waals surface area contributed by atoms with Crippen molar-refractivity contribution in [1.82, 2.24) is 9.55 Å². The lowest BCUT2D eigenvalue weighted by molar-refractivity contribution is 0.145. The van der Waals surface area contributed by atoms with Gasteiger partial charge in [0.25, 0.3) is 0 Å². The summed E-state index contributed by atoms with van der Waals surface area (Å²) in [6.45, 7) is 4.75. The van der Waals surface area contributed by atoms with Crippen LogP contribution in [0.5, 0.6) is 0 Å². The van der Waals surface area contributed by atoms with Crippen LogP contribution in [-0.2, 0) is 5.88 Å². The van der Waals surface area contributed by atoms with Crippen LogP contribution in [-0.4, -0.2) is 9.55 Å². The molecule has 1 saturated carbocycles. The van der Waals surface area contributed by atoms with Crippen LogP contribution in [0.1, 0.15) is 51.4 Å². The van der Waals surface area contributed by atoms with E-state index in [2.05, 4.69) is 52.5 Å². The monoisotopic (exact) mass is 354 g/mol. The molecule has 0 spiro atoms. The zero-order valence-electron chi connectivity index (χ0n) is 12.0. The zero-order chi connectivity index (χ0) is 14.3. The normalized spacial score (nSPS) is 22.3. The number of halogens is 2. The number of hydrogen-bond acceptors (Lipinski definition) is 1. The van der Waals surface area contributed by atoms with Gasteiger partial charge < -0.3 is 4.57 Å². The maximum absolute atomic E-state index is 6.16. The van der Waals surface area contributed by atoms with Gasteiger partial charge in [0.05, 0.1) is 16.9 Å². The van der Waals surface area contributed by atoms with Gasteiger partial charge in [-0.15, -0.1) is 11.6 Å². The van der Waals surface area contributed by atoms with E-state index in [-0.39, 0.29) is 0 Å². The molecule has 1 aliphatic rings. The first-order valence-corrected chi connectivity index (χ1v) is 8.58. The van der Waals surface area contributed by atoms with Gasteiger partial charge in [0.2, 0.25) is 0 Å². The van der Waals surface area contributed by atoms with E-state index in [1.54, 1.807) is 0 Å². The van der Waals surface area contributed by atoms with Crippen molar-refractivity contribution in [2.24, 2.45) is 5.41 Å². The Bertz CT molecular complexity index is 633. The fourth-order valence-electron chi connectivity index (χ4n) is 3.52. The molecular formula is C16H20BrClN2. The summed E-state index contributed by atoms with van der Waals surface area (Å²) in [4.78, 5) is 4.73. The first-order chi connectivity index (χ1) is 9.53. The molecule has 2 nitrogen and oxygen atoms in total. The van der Waals surface area contributed by atoms with Gasteiger partial charge in [-0.3, -0.25) is 0 Å². The van der Waals surface area contributed by atoms with Gasteiger partial charge in [-0.2, -0.15) is 0 Å². The van der Waals surface area contributed by atoms with Crippen LogP contribution in [0.4, 0.5) is 0 Å². The molecule has 1 aromatic carbocycles. The summed E-state index contributed by atoms with van der Waals surface area (Å²) in [6, 6.07) is 6.83. The summed E-state index contributed by atoms with van der Waals surface area (Å²) < 4.78 is 3.46. The fraction of sp³-hybridized carbons (Fsp3) is 0.562. The second-order valence-corrected chi connectivity index (χ2v) is 7.60. The smallest absolute Gasteiger partial charge is 0.125 e. The Labute approximate surface area is 133 Å². The van der Waals surface area contributed by atoms with Crippen LogP contribution in [0.15, 0.2) is 22.7 Å². The first-order valence-electron chi connectivity index (χ1n) is 7.25. The minimum absolute atomic E-state index is 0.305. The van der Waals surface area contributed by atoms with Gasteiger partial charge in [0, 0.05) is 10.5 Å². The lowest BCUT2D eigenvalue weighted by atomic mass is 9.73. The van der Waals surface area contributed by atoms with E-state index in [9.17, 15) is 0 Å².